The number of carbonyl (C=O) groups excluding carboxylic acids is 1. The summed E-state index contributed by atoms with van der Waals surface area (Å²) < 4.78 is 28.0. The molecule has 0 aliphatic carbocycles. The fourth-order valence-electron chi connectivity index (χ4n) is 3.07. The van der Waals surface area contributed by atoms with Crippen molar-refractivity contribution in [2.24, 2.45) is 5.92 Å². The summed E-state index contributed by atoms with van der Waals surface area (Å²) in [5, 5.41) is 4.72. The van der Waals surface area contributed by atoms with Gasteiger partial charge in [0.05, 0.1) is 0 Å². The molecular formula is C18H21BrN2O3S2. The van der Waals surface area contributed by atoms with Crippen LogP contribution in [0, 0.1) is 5.92 Å². The molecule has 5 nitrogen and oxygen atoms in total. The van der Waals surface area contributed by atoms with E-state index in [4.69, 9.17) is 0 Å². The molecule has 1 aromatic carbocycles. The highest BCUT2D eigenvalue weighted by atomic mass is 79.9. The van der Waals surface area contributed by atoms with E-state index in [0.29, 0.717) is 30.3 Å². The Labute approximate surface area is 166 Å². The lowest BCUT2D eigenvalue weighted by Gasteiger charge is -2.30. The Balaban J connectivity index is 1.46. The molecule has 0 radical (unpaired) electrons. The first-order valence-corrected chi connectivity index (χ1v) is 11.6. The number of rotatable bonds is 6. The number of nitrogens with one attached hydrogen (secondary N) is 1. The minimum absolute atomic E-state index is 0.0181. The number of hydrogen-bond acceptors (Lipinski definition) is 4. The summed E-state index contributed by atoms with van der Waals surface area (Å²) in [7, 11) is -3.37. The summed E-state index contributed by atoms with van der Waals surface area (Å²) in [5.41, 5.74) is 1.05. The Bertz CT molecular complexity index is 845. The maximum Gasteiger partial charge on any atom is 0.252 e. The average Bonchev–Trinajstić information content (AvgIpc) is 3.16. The van der Waals surface area contributed by atoms with Gasteiger partial charge in [-0.2, -0.15) is 4.31 Å². The highest BCUT2D eigenvalue weighted by molar-refractivity contribution is 9.10. The van der Waals surface area contributed by atoms with Gasteiger partial charge in [0, 0.05) is 30.5 Å². The zero-order valence-electron chi connectivity index (χ0n) is 14.2. The van der Waals surface area contributed by atoms with Crippen molar-refractivity contribution in [1.29, 1.82) is 0 Å². The van der Waals surface area contributed by atoms with Crippen LogP contribution in [-0.2, 0) is 21.4 Å². The molecule has 26 heavy (non-hydrogen) atoms. The van der Waals surface area contributed by atoms with Crippen molar-refractivity contribution >= 4 is 43.2 Å². The van der Waals surface area contributed by atoms with Gasteiger partial charge in [0.1, 0.15) is 4.21 Å². The third kappa shape index (κ3) is 4.94. The van der Waals surface area contributed by atoms with Crippen LogP contribution in [0.1, 0.15) is 24.8 Å². The van der Waals surface area contributed by atoms with E-state index < -0.39 is 10.0 Å². The first kappa shape index (κ1) is 19.5. The lowest BCUT2D eigenvalue weighted by Crippen LogP contribution is -2.39. The van der Waals surface area contributed by atoms with Gasteiger partial charge in [0.25, 0.3) is 10.0 Å². The molecule has 1 aromatic heterocycles. The molecule has 1 saturated heterocycles. The van der Waals surface area contributed by atoms with Crippen LogP contribution >= 0.6 is 27.3 Å². The summed E-state index contributed by atoms with van der Waals surface area (Å²) in [6.45, 7) is 1.46. The number of piperidine rings is 1. The maximum absolute atomic E-state index is 12.5. The van der Waals surface area contributed by atoms with Gasteiger partial charge in [-0.15, -0.1) is 11.3 Å². The first-order valence-electron chi connectivity index (χ1n) is 8.50. The highest BCUT2D eigenvalue weighted by Crippen LogP contribution is 2.27. The van der Waals surface area contributed by atoms with Crippen molar-refractivity contribution < 1.29 is 13.2 Å². The van der Waals surface area contributed by atoms with Crippen LogP contribution in [0.25, 0.3) is 0 Å². The Morgan fingerprint density at radius 3 is 2.65 bits per heavy atom. The Kier molecular flexibility index (Phi) is 6.50. The minimum atomic E-state index is -3.37. The molecule has 0 bridgehead atoms. The number of hydrogen-bond donors (Lipinski definition) is 1. The monoisotopic (exact) mass is 456 g/mol. The van der Waals surface area contributed by atoms with Gasteiger partial charge in [-0.1, -0.05) is 34.1 Å². The van der Waals surface area contributed by atoms with Crippen LogP contribution in [0.3, 0.4) is 0 Å². The molecule has 1 N–H and O–H groups in total. The molecule has 1 aliphatic heterocycles. The summed E-state index contributed by atoms with van der Waals surface area (Å²) in [4.78, 5) is 12.2. The van der Waals surface area contributed by atoms with E-state index >= 15 is 0 Å². The summed E-state index contributed by atoms with van der Waals surface area (Å²) in [5.74, 6) is 0.247. The fraction of sp³-hybridized carbons (Fsp3) is 0.389. The third-order valence-corrected chi connectivity index (χ3v) is 8.28. The van der Waals surface area contributed by atoms with Crippen molar-refractivity contribution in [2.75, 3.05) is 13.1 Å². The number of carbonyl (C=O) groups is 1. The largest absolute Gasteiger partial charge is 0.352 e. The molecule has 2 aromatic rings. The zero-order chi connectivity index (χ0) is 18.6. The Morgan fingerprint density at radius 1 is 1.23 bits per heavy atom. The van der Waals surface area contributed by atoms with Gasteiger partial charge < -0.3 is 5.32 Å². The Hall–Kier alpha value is -1.22. The van der Waals surface area contributed by atoms with E-state index in [2.05, 4.69) is 21.2 Å². The smallest absolute Gasteiger partial charge is 0.252 e. The van der Waals surface area contributed by atoms with Crippen LogP contribution in [0.4, 0.5) is 0 Å². The van der Waals surface area contributed by atoms with Crippen LogP contribution in [0.2, 0.25) is 0 Å². The van der Waals surface area contributed by atoms with Crippen LogP contribution in [0.5, 0.6) is 0 Å². The number of nitrogens with zero attached hydrogens (tertiary/aromatic N) is 1. The van der Waals surface area contributed by atoms with Gasteiger partial charge in [0.2, 0.25) is 5.91 Å². The van der Waals surface area contributed by atoms with Gasteiger partial charge in [0.15, 0.2) is 0 Å². The van der Waals surface area contributed by atoms with Gasteiger partial charge >= 0.3 is 0 Å². The number of halogens is 1. The van der Waals surface area contributed by atoms with Crippen molar-refractivity contribution in [3.05, 3.63) is 51.8 Å². The number of benzene rings is 1. The molecule has 1 fully saturated rings. The van der Waals surface area contributed by atoms with Gasteiger partial charge in [-0.25, -0.2) is 8.42 Å². The number of amides is 1. The van der Waals surface area contributed by atoms with E-state index in [1.54, 1.807) is 17.5 Å². The highest BCUT2D eigenvalue weighted by Gasteiger charge is 2.30. The molecule has 0 atom stereocenters. The standard InChI is InChI=1S/C18H21BrN2O3S2/c19-16-4-1-3-15(11-16)13-20-17(22)12-14-6-8-21(9-7-14)26(23,24)18-5-2-10-25-18/h1-5,10-11,14H,6-9,12-13H2,(H,20,22). The molecule has 140 valence electrons. The lowest BCUT2D eigenvalue weighted by atomic mass is 9.94. The fourth-order valence-corrected chi connectivity index (χ4v) is 6.13. The van der Waals surface area contributed by atoms with E-state index in [-0.39, 0.29) is 11.8 Å². The number of sulfonamides is 1. The predicted octanol–water partition coefficient (Wildman–Crippen LogP) is 3.62. The second-order valence-corrected chi connectivity index (χ2v) is 10.4. The summed E-state index contributed by atoms with van der Waals surface area (Å²) in [6.07, 6.45) is 1.88. The van der Waals surface area contributed by atoms with E-state index in [9.17, 15) is 13.2 Å². The molecule has 0 unspecified atom stereocenters. The van der Waals surface area contributed by atoms with Crippen LogP contribution < -0.4 is 5.32 Å². The molecule has 0 saturated carbocycles. The van der Waals surface area contributed by atoms with Gasteiger partial charge in [-0.3, -0.25) is 4.79 Å². The van der Waals surface area contributed by atoms with Crippen molar-refractivity contribution in [2.45, 2.75) is 30.0 Å². The van der Waals surface area contributed by atoms with Crippen molar-refractivity contribution in [3.8, 4) is 0 Å². The second-order valence-electron chi connectivity index (χ2n) is 6.39. The van der Waals surface area contributed by atoms with Crippen LogP contribution in [0.15, 0.2) is 50.5 Å². The average molecular weight is 457 g/mol. The van der Waals surface area contributed by atoms with E-state index in [1.807, 2.05) is 24.3 Å². The predicted molar refractivity (Wildman–Crippen MR) is 106 cm³/mol. The van der Waals surface area contributed by atoms with Crippen molar-refractivity contribution in [1.82, 2.24) is 9.62 Å². The first-order chi connectivity index (χ1) is 12.4. The molecule has 3 rings (SSSR count). The summed E-state index contributed by atoms with van der Waals surface area (Å²) >= 11 is 4.66. The topological polar surface area (TPSA) is 66.5 Å². The van der Waals surface area contributed by atoms with E-state index in [1.165, 1.54) is 15.6 Å². The van der Waals surface area contributed by atoms with Crippen molar-refractivity contribution in [3.63, 3.8) is 0 Å². The van der Waals surface area contributed by atoms with E-state index in [0.717, 1.165) is 22.9 Å². The van der Waals surface area contributed by atoms with Gasteiger partial charge in [-0.05, 0) is 47.9 Å². The molecule has 8 heteroatoms. The molecule has 1 aliphatic rings. The molecule has 0 spiro atoms. The number of thiophene rings is 1. The third-order valence-electron chi connectivity index (χ3n) is 4.52. The normalized spacial score (nSPS) is 16.5. The minimum Gasteiger partial charge on any atom is -0.352 e. The lowest BCUT2D eigenvalue weighted by molar-refractivity contribution is -0.122. The SMILES string of the molecule is O=C(CC1CCN(S(=O)(=O)c2cccs2)CC1)NCc1cccc(Br)c1. The molecule has 1 amide bonds. The zero-order valence-corrected chi connectivity index (χ0v) is 17.4. The molecular weight excluding hydrogens is 436 g/mol. The summed E-state index contributed by atoms with van der Waals surface area (Å²) in [6, 6.07) is 11.2. The van der Waals surface area contributed by atoms with Crippen LogP contribution in [-0.4, -0.2) is 31.7 Å². The second kappa shape index (κ2) is 8.65. The maximum atomic E-state index is 12.5. The quantitative estimate of drug-likeness (QED) is 0.721. The molecule has 2 heterocycles. The Morgan fingerprint density at radius 2 is 2.00 bits per heavy atom.